The number of nitrogens with one attached hydrogen (secondary N) is 2. The first-order valence-electron chi connectivity index (χ1n) is 6.90. The fourth-order valence-electron chi connectivity index (χ4n) is 2.46. The van der Waals surface area contributed by atoms with Gasteiger partial charge in [0.2, 0.25) is 0 Å². The Morgan fingerprint density at radius 1 is 1.30 bits per heavy atom. The molecule has 1 aromatic rings. The molecule has 1 aliphatic heterocycles. The van der Waals surface area contributed by atoms with Crippen LogP contribution in [0.4, 0.5) is 0 Å². The van der Waals surface area contributed by atoms with E-state index in [4.69, 9.17) is 9.47 Å². The van der Waals surface area contributed by atoms with Gasteiger partial charge in [-0.2, -0.15) is 0 Å². The van der Waals surface area contributed by atoms with E-state index in [1.54, 1.807) is 26.4 Å². The molecule has 1 amide bonds. The third-order valence-electron chi connectivity index (χ3n) is 3.65. The Bertz CT molecular complexity index is 457. The Morgan fingerprint density at radius 3 is 2.45 bits per heavy atom. The van der Waals surface area contributed by atoms with Crippen molar-refractivity contribution in [2.45, 2.75) is 25.8 Å². The van der Waals surface area contributed by atoms with Crippen molar-refractivity contribution in [3.63, 3.8) is 0 Å². The van der Waals surface area contributed by atoms with Crippen LogP contribution in [-0.2, 0) is 0 Å². The summed E-state index contributed by atoms with van der Waals surface area (Å²) in [5.74, 6) is 1.24. The van der Waals surface area contributed by atoms with Crippen molar-refractivity contribution in [2.24, 2.45) is 0 Å². The van der Waals surface area contributed by atoms with Crippen LogP contribution >= 0.6 is 0 Å². The molecule has 5 nitrogen and oxygen atoms in total. The molecule has 1 fully saturated rings. The minimum absolute atomic E-state index is 0.0877. The second-order valence-electron chi connectivity index (χ2n) is 5.02. The molecule has 0 bridgehead atoms. The van der Waals surface area contributed by atoms with Gasteiger partial charge < -0.3 is 20.1 Å². The van der Waals surface area contributed by atoms with Crippen molar-refractivity contribution in [2.75, 3.05) is 27.3 Å². The van der Waals surface area contributed by atoms with Gasteiger partial charge in [-0.05, 0) is 38.4 Å². The molecule has 0 aliphatic carbocycles. The van der Waals surface area contributed by atoms with Gasteiger partial charge in [0.15, 0.2) is 0 Å². The molecule has 2 N–H and O–H groups in total. The molecule has 2 rings (SSSR count). The zero-order chi connectivity index (χ0) is 14.5. The highest BCUT2D eigenvalue weighted by molar-refractivity contribution is 5.95. The van der Waals surface area contributed by atoms with Crippen molar-refractivity contribution in [1.29, 1.82) is 0 Å². The molecule has 1 aliphatic rings. The highest BCUT2D eigenvalue weighted by Gasteiger charge is 2.18. The Kier molecular flexibility index (Phi) is 4.84. The van der Waals surface area contributed by atoms with E-state index in [1.807, 2.05) is 6.92 Å². The second-order valence-corrected chi connectivity index (χ2v) is 5.02. The molecule has 1 saturated heterocycles. The fourth-order valence-corrected chi connectivity index (χ4v) is 2.46. The molecular formula is C15H22N2O3. The highest BCUT2D eigenvalue weighted by atomic mass is 16.5. The molecule has 0 saturated carbocycles. The van der Waals surface area contributed by atoms with Gasteiger partial charge in [0, 0.05) is 23.7 Å². The first kappa shape index (κ1) is 14.7. The summed E-state index contributed by atoms with van der Waals surface area (Å²) >= 11 is 0. The summed E-state index contributed by atoms with van der Waals surface area (Å²) in [5, 5.41) is 6.33. The molecule has 110 valence electrons. The number of methoxy groups -OCH3 is 2. The number of carbonyl (C=O) groups excluding carboxylic acids is 1. The lowest BCUT2D eigenvalue weighted by atomic mass is 10.1. The van der Waals surface area contributed by atoms with E-state index in [9.17, 15) is 4.79 Å². The Balaban J connectivity index is 2.16. The minimum atomic E-state index is -0.0877. The van der Waals surface area contributed by atoms with Gasteiger partial charge >= 0.3 is 0 Å². The van der Waals surface area contributed by atoms with E-state index < -0.39 is 0 Å². The maximum atomic E-state index is 12.3. The van der Waals surface area contributed by atoms with Gasteiger partial charge in [-0.15, -0.1) is 0 Å². The summed E-state index contributed by atoms with van der Waals surface area (Å²) < 4.78 is 10.6. The summed E-state index contributed by atoms with van der Waals surface area (Å²) in [6.45, 7) is 3.76. The zero-order valence-corrected chi connectivity index (χ0v) is 12.3. The van der Waals surface area contributed by atoms with Crippen molar-refractivity contribution in [1.82, 2.24) is 10.6 Å². The number of piperidine rings is 1. The lowest BCUT2D eigenvalue weighted by molar-refractivity contribution is 0.0930. The summed E-state index contributed by atoms with van der Waals surface area (Å²) in [4.78, 5) is 12.3. The molecule has 1 aromatic carbocycles. The zero-order valence-electron chi connectivity index (χ0n) is 12.3. The van der Waals surface area contributed by atoms with Gasteiger partial charge in [0.05, 0.1) is 14.2 Å². The van der Waals surface area contributed by atoms with Gasteiger partial charge in [0.25, 0.3) is 5.91 Å². The number of ether oxygens (including phenoxy) is 2. The van der Waals surface area contributed by atoms with Gasteiger partial charge in [-0.3, -0.25) is 4.79 Å². The van der Waals surface area contributed by atoms with Crippen LogP contribution in [0.1, 0.15) is 28.8 Å². The molecule has 0 unspecified atom stereocenters. The SMILES string of the molecule is COc1cc(C(=O)N[C@@H]2CCCNC2)cc(OC)c1C. The molecule has 1 atom stereocenters. The number of hydrogen-bond donors (Lipinski definition) is 2. The molecule has 20 heavy (non-hydrogen) atoms. The third-order valence-corrected chi connectivity index (χ3v) is 3.65. The highest BCUT2D eigenvalue weighted by Crippen LogP contribution is 2.29. The average Bonchev–Trinajstić information content (AvgIpc) is 2.48. The van der Waals surface area contributed by atoms with Crippen LogP contribution < -0.4 is 20.1 Å². The van der Waals surface area contributed by atoms with Gasteiger partial charge in [-0.25, -0.2) is 0 Å². The third kappa shape index (κ3) is 3.22. The first-order valence-corrected chi connectivity index (χ1v) is 6.90. The maximum Gasteiger partial charge on any atom is 0.251 e. The standard InChI is InChI=1S/C15H22N2O3/c1-10-13(19-2)7-11(8-14(10)20-3)15(18)17-12-5-4-6-16-9-12/h7-8,12,16H,4-6,9H2,1-3H3,(H,17,18)/t12-/m1/s1. The van der Waals surface area contributed by atoms with Crippen LogP contribution in [0.15, 0.2) is 12.1 Å². The molecule has 0 radical (unpaired) electrons. The minimum Gasteiger partial charge on any atom is -0.496 e. The topological polar surface area (TPSA) is 59.6 Å². The number of carbonyl (C=O) groups is 1. The van der Waals surface area contributed by atoms with E-state index in [0.717, 1.165) is 31.5 Å². The summed E-state index contributed by atoms with van der Waals surface area (Å²) in [6, 6.07) is 3.70. The molecule has 1 heterocycles. The molecular weight excluding hydrogens is 256 g/mol. The number of benzene rings is 1. The van der Waals surface area contributed by atoms with Crippen LogP contribution in [0.25, 0.3) is 0 Å². The van der Waals surface area contributed by atoms with E-state index in [0.29, 0.717) is 17.1 Å². The van der Waals surface area contributed by atoms with Crippen LogP contribution in [0.2, 0.25) is 0 Å². The smallest absolute Gasteiger partial charge is 0.251 e. The fraction of sp³-hybridized carbons (Fsp3) is 0.533. The van der Waals surface area contributed by atoms with E-state index >= 15 is 0 Å². The Morgan fingerprint density at radius 2 is 1.95 bits per heavy atom. The first-order chi connectivity index (χ1) is 9.65. The van der Waals surface area contributed by atoms with Crippen molar-refractivity contribution >= 4 is 5.91 Å². The summed E-state index contributed by atoms with van der Waals surface area (Å²) in [5.41, 5.74) is 1.46. The van der Waals surface area contributed by atoms with Crippen molar-refractivity contribution in [3.05, 3.63) is 23.3 Å². The van der Waals surface area contributed by atoms with Gasteiger partial charge in [-0.1, -0.05) is 0 Å². The monoisotopic (exact) mass is 278 g/mol. The summed E-state index contributed by atoms with van der Waals surface area (Å²) in [6.07, 6.45) is 2.10. The van der Waals surface area contributed by atoms with E-state index in [-0.39, 0.29) is 11.9 Å². The van der Waals surface area contributed by atoms with Crippen LogP contribution in [0, 0.1) is 6.92 Å². The predicted molar refractivity (Wildman–Crippen MR) is 77.6 cm³/mol. The lowest BCUT2D eigenvalue weighted by Gasteiger charge is -2.24. The van der Waals surface area contributed by atoms with Crippen molar-refractivity contribution in [3.8, 4) is 11.5 Å². The van der Waals surface area contributed by atoms with Crippen LogP contribution in [0.5, 0.6) is 11.5 Å². The molecule has 0 spiro atoms. The molecule has 5 heteroatoms. The van der Waals surface area contributed by atoms with Crippen LogP contribution in [0.3, 0.4) is 0 Å². The van der Waals surface area contributed by atoms with Crippen LogP contribution in [-0.4, -0.2) is 39.3 Å². The van der Waals surface area contributed by atoms with E-state index in [1.165, 1.54) is 0 Å². The predicted octanol–water partition coefficient (Wildman–Crippen LogP) is 1.49. The quantitative estimate of drug-likeness (QED) is 0.876. The normalized spacial score (nSPS) is 18.4. The Labute approximate surface area is 119 Å². The van der Waals surface area contributed by atoms with Crippen molar-refractivity contribution < 1.29 is 14.3 Å². The van der Waals surface area contributed by atoms with Gasteiger partial charge in [0.1, 0.15) is 11.5 Å². The molecule has 0 aromatic heterocycles. The largest absolute Gasteiger partial charge is 0.496 e. The van der Waals surface area contributed by atoms with E-state index in [2.05, 4.69) is 10.6 Å². The second kappa shape index (κ2) is 6.61. The number of rotatable bonds is 4. The summed E-state index contributed by atoms with van der Waals surface area (Å²) in [7, 11) is 3.18. The Hall–Kier alpha value is -1.75. The number of hydrogen-bond acceptors (Lipinski definition) is 4. The maximum absolute atomic E-state index is 12.3. The number of amides is 1. The average molecular weight is 278 g/mol. The lowest BCUT2D eigenvalue weighted by Crippen LogP contribution is -2.45.